The molecule has 8 N–H and O–H groups in total. The number of anilines is 2. The molecule has 2 amide bonds. The minimum Gasteiger partial charge on any atom is -0.399 e. The van der Waals surface area contributed by atoms with Gasteiger partial charge < -0.3 is 27.4 Å². The van der Waals surface area contributed by atoms with E-state index >= 15 is 0 Å². The van der Waals surface area contributed by atoms with Crippen molar-refractivity contribution in [2.24, 2.45) is 11.5 Å². The number of hydrogen-bond donors (Lipinski definition) is 5. The second-order valence-electron chi connectivity index (χ2n) is 6.74. The summed E-state index contributed by atoms with van der Waals surface area (Å²) in [6.07, 6.45) is 6.39. The lowest BCUT2D eigenvalue weighted by atomic mass is 10.1. The van der Waals surface area contributed by atoms with Gasteiger partial charge in [0.1, 0.15) is 5.70 Å². The Morgan fingerprint density at radius 2 is 1.90 bits per heavy atom. The van der Waals surface area contributed by atoms with Crippen LogP contribution in [0, 0.1) is 5.41 Å². The Kier molecular flexibility index (Phi) is 8.58. The van der Waals surface area contributed by atoms with Crippen LogP contribution in [0.3, 0.4) is 0 Å². The number of carbonyl (C=O) groups is 2. The number of amides is 2. The summed E-state index contributed by atoms with van der Waals surface area (Å²) in [6, 6.07) is 13.3. The number of nitrogens with zero attached hydrogens (tertiary/aromatic N) is 1. The number of nitrogen functional groups attached to an aromatic ring is 1. The predicted octanol–water partition coefficient (Wildman–Crippen LogP) is 1.71. The highest BCUT2D eigenvalue weighted by Crippen LogP contribution is 2.25. The predicted molar refractivity (Wildman–Crippen MR) is 121 cm³/mol. The first-order valence-corrected chi connectivity index (χ1v) is 9.65. The SMILES string of the molecule is N=CN(CCN)/C(=C\c1cccc(N)c1)C(=O)Nc1ccc2c(c1)CCC2.NC=O. The third kappa shape index (κ3) is 6.18. The third-order valence-corrected chi connectivity index (χ3v) is 4.64. The van der Waals surface area contributed by atoms with Crippen molar-refractivity contribution in [2.75, 3.05) is 24.1 Å². The molecule has 158 valence electrons. The van der Waals surface area contributed by atoms with E-state index in [0.29, 0.717) is 24.5 Å². The summed E-state index contributed by atoms with van der Waals surface area (Å²) in [4.78, 5) is 23.1. The molecule has 30 heavy (non-hydrogen) atoms. The maximum atomic E-state index is 13.0. The first kappa shape index (κ1) is 22.6. The van der Waals surface area contributed by atoms with Gasteiger partial charge in [-0.05, 0) is 66.3 Å². The van der Waals surface area contributed by atoms with E-state index in [1.54, 1.807) is 18.2 Å². The van der Waals surface area contributed by atoms with Crippen molar-refractivity contribution in [3.8, 4) is 0 Å². The van der Waals surface area contributed by atoms with Gasteiger partial charge in [0.2, 0.25) is 6.41 Å². The summed E-state index contributed by atoms with van der Waals surface area (Å²) in [5.74, 6) is -0.285. The number of aryl methyl sites for hydroxylation is 2. The number of nitrogens with one attached hydrogen (secondary N) is 2. The van der Waals surface area contributed by atoms with Crippen LogP contribution in [-0.2, 0) is 22.4 Å². The van der Waals surface area contributed by atoms with Gasteiger partial charge in [0.25, 0.3) is 5.91 Å². The van der Waals surface area contributed by atoms with Crippen molar-refractivity contribution >= 4 is 36.1 Å². The highest BCUT2D eigenvalue weighted by molar-refractivity contribution is 6.07. The van der Waals surface area contributed by atoms with E-state index in [2.05, 4.69) is 17.1 Å². The molecule has 8 heteroatoms. The molecule has 3 rings (SSSR count). The molecule has 0 bridgehead atoms. The molecule has 0 saturated heterocycles. The lowest BCUT2D eigenvalue weighted by Gasteiger charge is -2.21. The minimum atomic E-state index is -0.285. The molecule has 0 saturated carbocycles. The summed E-state index contributed by atoms with van der Waals surface area (Å²) in [6.45, 7) is 0.699. The summed E-state index contributed by atoms with van der Waals surface area (Å²) in [5, 5.41) is 10.6. The largest absolute Gasteiger partial charge is 0.399 e. The van der Waals surface area contributed by atoms with Crippen molar-refractivity contribution < 1.29 is 9.59 Å². The summed E-state index contributed by atoms with van der Waals surface area (Å²) in [7, 11) is 0. The van der Waals surface area contributed by atoms with Gasteiger partial charge in [0.15, 0.2) is 0 Å². The summed E-state index contributed by atoms with van der Waals surface area (Å²) in [5.41, 5.74) is 20.8. The Balaban J connectivity index is 0.00000101. The molecular weight excluding hydrogens is 380 g/mol. The van der Waals surface area contributed by atoms with Crippen molar-refractivity contribution in [1.29, 1.82) is 5.41 Å². The van der Waals surface area contributed by atoms with Crippen LogP contribution in [0.25, 0.3) is 6.08 Å². The van der Waals surface area contributed by atoms with Crippen molar-refractivity contribution in [2.45, 2.75) is 19.3 Å². The van der Waals surface area contributed by atoms with Gasteiger partial charge in [0, 0.05) is 24.5 Å². The van der Waals surface area contributed by atoms with Crippen LogP contribution in [0.15, 0.2) is 48.2 Å². The second-order valence-corrected chi connectivity index (χ2v) is 6.74. The molecule has 0 atom stereocenters. The van der Waals surface area contributed by atoms with E-state index in [4.69, 9.17) is 21.7 Å². The fourth-order valence-corrected chi connectivity index (χ4v) is 3.32. The van der Waals surface area contributed by atoms with E-state index in [1.165, 1.54) is 16.0 Å². The van der Waals surface area contributed by atoms with Gasteiger partial charge in [-0.15, -0.1) is 0 Å². The van der Waals surface area contributed by atoms with Crippen LogP contribution in [0.5, 0.6) is 0 Å². The van der Waals surface area contributed by atoms with Crippen molar-refractivity contribution in [3.63, 3.8) is 0 Å². The van der Waals surface area contributed by atoms with Crippen LogP contribution in [-0.4, -0.2) is 36.6 Å². The van der Waals surface area contributed by atoms with Gasteiger partial charge in [0.05, 0.1) is 6.34 Å². The van der Waals surface area contributed by atoms with Crippen molar-refractivity contribution in [3.05, 3.63) is 64.9 Å². The Bertz CT molecular complexity index is 926. The van der Waals surface area contributed by atoms with E-state index in [-0.39, 0.29) is 12.3 Å². The maximum Gasteiger partial charge on any atom is 0.272 e. The fraction of sp³-hybridized carbons (Fsp3) is 0.227. The molecular formula is C22H28N6O2. The average molecular weight is 409 g/mol. The molecule has 0 unspecified atom stereocenters. The second kappa shape index (κ2) is 11.4. The van der Waals surface area contributed by atoms with Gasteiger partial charge in [-0.1, -0.05) is 18.2 Å². The normalized spacial score (nSPS) is 12.2. The molecule has 0 aromatic heterocycles. The highest BCUT2D eigenvalue weighted by atomic mass is 16.2. The molecule has 0 fully saturated rings. The van der Waals surface area contributed by atoms with E-state index in [0.717, 1.165) is 36.9 Å². The van der Waals surface area contributed by atoms with Crippen LogP contribution >= 0.6 is 0 Å². The maximum absolute atomic E-state index is 13.0. The van der Waals surface area contributed by atoms with Crippen LogP contribution in [0.2, 0.25) is 0 Å². The molecule has 0 heterocycles. The Morgan fingerprint density at radius 3 is 2.57 bits per heavy atom. The van der Waals surface area contributed by atoms with E-state index in [1.807, 2.05) is 24.3 Å². The van der Waals surface area contributed by atoms with Gasteiger partial charge >= 0.3 is 0 Å². The van der Waals surface area contributed by atoms with Crippen LogP contribution < -0.4 is 22.5 Å². The van der Waals surface area contributed by atoms with Gasteiger partial charge in [-0.2, -0.15) is 0 Å². The van der Waals surface area contributed by atoms with E-state index < -0.39 is 0 Å². The number of carbonyl (C=O) groups excluding carboxylic acids is 2. The molecule has 1 aliphatic rings. The first-order valence-electron chi connectivity index (χ1n) is 9.65. The molecule has 8 nitrogen and oxygen atoms in total. The summed E-state index contributed by atoms with van der Waals surface area (Å²) < 4.78 is 0. The molecule has 1 aliphatic carbocycles. The zero-order valence-corrected chi connectivity index (χ0v) is 16.8. The first-order chi connectivity index (χ1) is 14.5. The molecule has 2 aromatic carbocycles. The molecule has 2 aromatic rings. The zero-order valence-electron chi connectivity index (χ0n) is 16.8. The number of rotatable bonds is 7. The van der Waals surface area contributed by atoms with Gasteiger partial charge in [-0.25, -0.2) is 0 Å². The number of fused-ring (bicyclic) bond motifs is 1. The lowest BCUT2D eigenvalue weighted by Crippen LogP contribution is -2.33. The number of benzene rings is 2. The van der Waals surface area contributed by atoms with Crippen molar-refractivity contribution in [1.82, 2.24) is 4.90 Å². The molecule has 0 aliphatic heterocycles. The van der Waals surface area contributed by atoms with Crippen LogP contribution in [0.4, 0.5) is 11.4 Å². The monoisotopic (exact) mass is 408 g/mol. The minimum absolute atomic E-state index is 0.250. The smallest absolute Gasteiger partial charge is 0.272 e. The lowest BCUT2D eigenvalue weighted by molar-refractivity contribution is -0.113. The Morgan fingerprint density at radius 1 is 1.17 bits per heavy atom. The Hall–Kier alpha value is -3.65. The molecule has 0 spiro atoms. The van der Waals surface area contributed by atoms with Crippen LogP contribution in [0.1, 0.15) is 23.1 Å². The zero-order chi connectivity index (χ0) is 21.9. The quantitative estimate of drug-likeness (QED) is 0.155. The summed E-state index contributed by atoms with van der Waals surface area (Å²) >= 11 is 0. The third-order valence-electron chi connectivity index (χ3n) is 4.64. The topological polar surface area (TPSA) is 151 Å². The Labute approximate surface area is 176 Å². The van der Waals surface area contributed by atoms with E-state index in [9.17, 15) is 4.79 Å². The number of primary amides is 1. The highest BCUT2D eigenvalue weighted by Gasteiger charge is 2.18. The van der Waals surface area contributed by atoms with Gasteiger partial charge in [-0.3, -0.25) is 15.0 Å². The number of nitrogens with two attached hydrogens (primary N) is 3. The number of hydrogen-bond acceptors (Lipinski definition) is 5. The standard InChI is InChI=1S/C21H25N5O.CH3NO/c22-9-10-26(14-23)20(12-15-3-1-6-18(24)11-15)21(27)25-19-8-7-16-4-2-5-17(16)13-19;2-1-3/h1,3,6-8,11-14,23H,2,4-5,9-10,22,24H2,(H,25,27);1H,(H2,2,3)/b20-12-,23-14?;. The average Bonchev–Trinajstić information content (AvgIpc) is 3.19. The fourth-order valence-electron chi connectivity index (χ4n) is 3.32. The molecule has 0 radical (unpaired) electrons.